The molecule has 0 unspecified atom stereocenters. The Kier molecular flexibility index (Phi) is 3.13. The van der Waals surface area contributed by atoms with E-state index in [1.165, 1.54) is 14.0 Å². The van der Waals surface area contributed by atoms with Crippen molar-refractivity contribution in [3.63, 3.8) is 0 Å². The second-order valence-electron chi connectivity index (χ2n) is 4.56. The van der Waals surface area contributed by atoms with Gasteiger partial charge in [-0.15, -0.1) is 0 Å². The van der Waals surface area contributed by atoms with E-state index >= 15 is 0 Å². The highest BCUT2D eigenvalue weighted by Gasteiger charge is 2.29. The summed E-state index contributed by atoms with van der Waals surface area (Å²) in [7, 11) is 1.53. The smallest absolute Gasteiger partial charge is 0.169 e. The largest absolute Gasteiger partial charge is 0.493 e. The summed E-state index contributed by atoms with van der Waals surface area (Å²) in [6.45, 7) is 3.16. The van der Waals surface area contributed by atoms with Gasteiger partial charge in [0, 0.05) is 11.1 Å². The average molecular weight is 248 g/mol. The fourth-order valence-corrected chi connectivity index (χ4v) is 1.83. The zero-order chi connectivity index (χ0) is 13.3. The summed E-state index contributed by atoms with van der Waals surface area (Å²) < 4.78 is 11.0. The number of carbonyl (C=O) groups excluding carboxylic acids is 1. The Labute approximate surface area is 106 Å². The molecule has 4 heteroatoms. The van der Waals surface area contributed by atoms with Crippen molar-refractivity contribution in [1.82, 2.24) is 0 Å². The third-order valence-corrected chi connectivity index (χ3v) is 2.97. The standard InChI is InChI=1S/C14H16O4/c1-9(16)11-6-10-4-5-14(2,8-15)18-13(10)12(7-11)17-3/h4-7,15H,8H2,1-3H3/t14-/m0/s1. The number of methoxy groups -OCH3 is 1. The number of aliphatic hydroxyl groups is 1. The minimum atomic E-state index is -0.752. The molecule has 0 spiro atoms. The normalized spacial score (nSPS) is 21.1. The summed E-state index contributed by atoms with van der Waals surface area (Å²) in [5.41, 5.74) is 0.606. The van der Waals surface area contributed by atoms with E-state index in [9.17, 15) is 9.90 Å². The van der Waals surface area contributed by atoms with Gasteiger partial charge in [0.25, 0.3) is 0 Å². The molecule has 1 aromatic carbocycles. The fourth-order valence-electron chi connectivity index (χ4n) is 1.83. The molecule has 0 saturated heterocycles. The Hall–Kier alpha value is -1.81. The molecule has 1 aromatic rings. The van der Waals surface area contributed by atoms with Gasteiger partial charge in [-0.2, -0.15) is 0 Å². The molecule has 1 aliphatic heterocycles. The number of aliphatic hydroxyl groups excluding tert-OH is 1. The first-order valence-electron chi connectivity index (χ1n) is 5.71. The Morgan fingerprint density at radius 1 is 1.50 bits per heavy atom. The monoisotopic (exact) mass is 248 g/mol. The zero-order valence-corrected chi connectivity index (χ0v) is 10.7. The lowest BCUT2D eigenvalue weighted by atomic mass is 9.98. The summed E-state index contributed by atoms with van der Waals surface area (Å²) in [6.07, 6.45) is 3.61. The third-order valence-electron chi connectivity index (χ3n) is 2.97. The van der Waals surface area contributed by atoms with Gasteiger partial charge < -0.3 is 14.6 Å². The summed E-state index contributed by atoms with van der Waals surface area (Å²) in [5, 5.41) is 9.31. The second kappa shape index (κ2) is 4.46. The van der Waals surface area contributed by atoms with Crippen molar-refractivity contribution in [2.24, 2.45) is 0 Å². The van der Waals surface area contributed by atoms with Crippen LogP contribution < -0.4 is 9.47 Å². The maximum Gasteiger partial charge on any atom is 0.169 e. The molecule has 0 aromatic heterocycles. The summed E-state index contributed by atoms with van der Waals surface area (Å²) in [4.78, 5) is 11.4. The molecule has 0 fully saturated rings. The van der Waals surface area contributed by atoms with Gasteiger partial charge in [0.15, 0.2) is 17.3 Å². The average Bonchev–Trinajstić information content (AvgIpc) is 2.37. The van der Waals surface area contributed by atoms with Gasteiger partial charge in [0.1, 0.15) is 5.60 Å². The summed E-state index contributed by atoms with van der Waals surface area (Å²) >= 11 is 0. The zero-order valence-electron chi connectivity index (χ0n) is 10.7. The van der Waals surface area contributed by atoms with Crippen LogP contribution in [0.1, 0.15) is 29.8 Å². The molecule has 1 N–H and O–H groups in total. The third kappa shape index (κ3) is 2.11. The maximum atomic E-state index is 11.4. The number of ketones is 1. The molecule has 2 rings (SSSR count). The topological polar surface area (TPSA) is 55.8 Å². The van der Waals surface area contributed by atoms with E-state index in [1.54, 1.807) is 25.1 Å². The van der Waals surface area contributed by atoms with Crippen LogP contribution in [0.15, 0.2) is 18.2 Å². The van der Waals surface area contributed by atoms with Crippen LogP contribution in [0.2, 0.25) is 0 Å². The number of ether oxygens (including phenoxy) is 2. The van der Waals surface area contributed by atoms with Crippen LogP contribution in [0.3, 0.4) is 0 Å². The molecule has 18 heavy (non-hydrogen) atoms. The predicted octanol–water partition coefficient (Wildman–Crippen LogP) is 2.05. The Balaban J connectivity index is 2.54. The van der Waals surface area contributed by atoms with E-state index in [0.717, 1.165) is 5.56 Å². The van der Waals surface area contributed by atoms with E-state index in [1.807, 2.05) is 6.08 Å². The molecule has 0 radical (unpaired) electrons. The fraction of sp³-hybridized carbons (Fsp3) is 0.357. The van der Waals surface area contributed by atoms with Crippen molar-refractivity contribution >= 4 is 11.9 Å². The Morgan fingerprint density at radius 2 is 2.22 bits per heavy atom. The van der Waals surface area contributed by atoms with Crippen LogP contribution in [0.4, 0.5) is 0 Å². The van der Waals surface area contributed by atoms with Gasteiger partial charge >= 0.3 is 0 Å². The van der Waals surface area contributed by atoms with Crippen molar-refractivity contribution in [3.8, 4) is 11.5 Å². The highest BCUT2D eigenvalue weighted by atomic mass is 16.5. The van der Waals surface area contributed by atoms with E-state index < -0.39 is 5.60 Å². The second-order valence-corrected chi connectivity index (χ2v) is 4.56. The predicted molar refractivity (Wildman–Crippen MR) is 68.2 cm³/mol. The molecule has 0 aliphatic carbocycles. The van der Waals surface area contributed by atoms with Crippen LogP contribution in [0, 0.1) is 0 Å². The van der Waals surface area contributed by atoms with Crippen LogP contribution in [-0.4, -0.2) is 30.2 Å². The molecule has 1 atom stereocenters. The van der Waals surface area contributed by atoms with Crippen LogP contribution >= 0.6 is 0 Å². The number of carbonyl (C=O) groups is 1. The minimum absolute atomic E-state index is 0.0278. The van der Waals surface area contributed by atoms with Crippen LogP contribution in [-0.2, 0) is 0 Å². The Bertz CT molecular complexity index is 519. The van der Waals surface area contributed by atoms with E-state index in [-0.39, 0.29) is 12.4 Å². The molecule has 0 amide bonds. The summed E-state index contributed by atoms with van der Waals surface area (Å²) in [6, 6.07) is 3.41. The molecule has 96 valence electrons. The number of hydrogen-bond acceptors (Lipinski definition) is 4. The highest BCUT2D eigenvalue weighted by molar-refractivity contribution is 5.95. The molecular formula is C14H16O4. The van der Waals surface area contributed by atoms with Crippen molar-refractivity contribution in [2.75, 3.05) is 13.7 Å². The lowest BCUT2D eigenvalue weighted by molar-refractivity contribution is 0.0614. The number of fused-ring (bicyclic) bond motifs is 1. The van der Waals surface area contributed by atoms with Crippen LogP contribution in [0.5, 0.6) is 11.5 Å². The first kappa shape index (κ1) is 12.6. The van der Waals surface area contributed by atoms with Crippen LogP contribution in [0.25, 0.3) is 6.08 Å². The van der Waals surface area contributed by atoms with Gasteiger partial charge in [-0.25, -0.2) is 0 Å². The van der Waals surface area contributed by atoms with E-state index in [0.29, 0.717) is 17.1 Å². The minimum Gasteiger partial charge on any atom is -0.493 e. The quantitative estimate of drug-likeness (QED) is 0.832. The first-order valence-corrected chi connectivity index (χ1v) is 5.71. The molecule has 1 aliphatic rings. The Morgan fingerprint density at radius 3 is 2.78 bits per heavy atom. The van der Waals surface area contributed by atoms with Gasteiger partial charge in [-0.1, -0.05) is 6.08 Å². The van der Waals surface area contributed by atoms with Gasteiger partial charge in [0.2, 0.25) is 0 Å². The number of rotatable bonds is 3. The van der Waals surface area contributed by atoms with Crippen molar-refractivity contribution < 1.29 is 19.4 Å². The van der Waals surface area contributed by atoms with Crippen molar-refractivity contribution in [3.05, 3.63) is 29.3 Å². The molecule has 0 bridgehead atoms. The van der Waals surface area contributed by atoms with Crippen molar-refractivity contribution in [2.45, 2.75) is 19.4 Å². The maximum absolute atomic E-state index is 11.4. The number of benzene rings is 1. The van der Waals surface area contributed by atoms with Gasteiger partial charge in [-0.05, 0) is 32.1 Å². The van der Waals surface area contributed by atoms with Gasteiger partial charge in [-0.3, -0.25) is 4.79 Å². The molecule has 4 nitrogen and oxygen atoms in total. The first-order chi connectivity index (χ1) is 8.49. The molecule has 0 saturated carbocycles. The van der Waals surface area contributed by atoms with Crippen molar-refractivity contribution in [1.29, 1.82) is 0 Å². The molecule has 1 heterocycles. The highest BCUT2D eigenvalue weighted by Crippen LogP contribution is 2.39. The van der Waals surface area contributed by atoms with Gasteiger partial charge in [0.05, 0.1) is 13.7 Å². The lowest BCUT2D eigenvalue weighted by Crippen LogP contribution is -2.36. The number of Topliss-reactive ketones (excluding diaryl/α,β-unsaturated/α-hetero) is 1. The van der Waals surface area contributed by atoms with E-state index in [4.69, 9.17) is 9.47 Å². The summed E-state index contributed by atoms with van der Waals surface area (Å²) in [5.74, 6) is 1.03. The molecular weight excluding hydrogens is 232 g/mol. The lowest BCUT2D eigenvalue weighted by Gasteiger charge is -2.30. The van der Waals surface area contributed by atoms with E-state index in [2.05, 4.69) is 0 Å². The SMILES string of the molecule is COc1cc(C(C)=O)cc2c1O[C@](C)(CO)C=C2. The number of hydrogen-bond donors (Lipinski definition) is 1.